The first-order valence-electron chi connectivity index (χ1n) is 3.37. The van der Waals surface area contributed by atoms with Crippen molar-refractivity contribution in [2.45, 2.75) is 23.2 Å². The second-order valence-corrected chi connectivity index (χ2v) is 5.08. The fraction of sp³-hybridized carbons (Fsp3) is 0.833. The highest BCUT2D eigenvalue weighted by Gasteiger charge is 2.32. The van der Waals surface area contributed by atoms with Gasteiger partial charge in [-0.25, -0.2) is 4.79 Å². The van der Waals surface area contributed by atoms with Crippen LogP contribution in [0.4, 0.5) is 0 Å². The van der Waals surface area contributed by atoms with E-state index in [4.69, 9.17) is 39.9 Å². The molecule has 0 saturated heterocycles. The molecule has 0 aliphatic rings. The third kappa shape index (κ3) is 6.63. The van der Waals surface area contributed by atoms with E-state index >= 15 is 0 Å². The zero-order valence-corrected chi connectivity index (χ0v) is 9.96. The average Bonchev–Trinajstić information content (AvgIpc) is 1.85. The lowest BCUT2D eigenvalue weighted by Gasteiger charge is -2.19. The molecule has 0 saturated carbocycles. The van der Waals surface area contributed by atoms with Crippen molar-refractivity contribution in [1.29, 1.82) is 0 Å². The maximum atomic E-state index is 10.4. The van der Waals surface area contributed by atoms with Crippen molar-refractivity contribution >= 4 is 40.8 Å². The Bertz CT molecular complexity index is 171. The molecule has 0 aliphatic carbocycles. The molecule has 7 heteroatoms. The van der Waals surface area contributed by atoms with Gasteiger partial charge in [-0.2, -0.15) is 0 Å². The first-order chi connectivity index (χ1) is 5.25. The van der Waals surface area contributed by atoms with Crippen LogP contribution in [-0.2, 0) is 4.79 Å². The molecule has 0 amide bonds. The molecule has 0 fully saturated rings. The Morgan fingerprint density at radius 3 is 2.15 bits per heavy atom. The Morgan fingerprint density at radius 2 is 1.92 bits per heavy atom. The third-order valence-electron chi connectivity index (χ3n) is 1.55. The number of quaternary nitrogens is 1. The molecular formula is C6H11Cl4NO2. The SMILES string of the molecule is C[C@@H](C[C@H]([NH3+])C(=O)O)C(Cl)(Cl)Cl.[Cl-]. The Morgan fingerprint density at radius 1 is 1.54 bits per heavy atom. The molecule has 3 nitrogen and oxygen atoms in total. The molecule has 0 aromatic rings. The van der Waals surface area contributed by atoms with E-state index in [9.17, 15) is 4.79 Å². The standard InChI is InChI=1S/C6H10Cl3NO2.ClH/c1-3(6(7,8)9)2-4(10)5(11)12;/h3-4H,2,10H2,1H3,(H,11,12);1H/t3-,4-;/m0./s1. The van der Waals surface area contributed by atoms with Gasteiger partial charge in [-0.05, 0) is 0 Å². The van der Waals surface area contributed by atoms with E-state index in [-0.39, 0.29) is 24.7 Å². The number of carboxylic acid groups (broad SMARTS) is 1. The Balaban J connectivity index is 0. The Hall–Kier alpha value is 0.590. The van der Waals surface area contributed by atoms with E-state index in [0.717, 1.165) is 0 Å². The summed E-state index contributed by atoms with van der Waals surface area (Å²) in [7, 11) is 0. The summed E-state index contributed by atoms with van der Waals surface area (Å²) in [5, 5.41) is 8.50. The van der Waals surface area contributed by atoms with E-state index in [1.165, 1.54) is 0 Å². The second-order valence-electron chi connectivity index (χ2n) is 2.71. The molecule has 2 atom stereocenters. The lowest BCUT2D eigenvalue weighted by molar-refractivity contribution is -0.410. The summed E-state index contributed by atoms with van der Waals surface area (Å²) in [5.41, 5.74) is 3.42. The third-order valence-corrected chi connectivity index (χ3v) is 2.66. The van der Waals surface area contributed by atoms with Crippen molar-refractivity contribution in [2.24, 2.45) is 5.92 Å². The predicted octanol–water partition coefficient (Wildman–Crippen LogP) is -1.92. The highest BCUT2D eigenvalue weighted by molar-refractivity contribution is 6.67. The number of halogens is 4. The fourth-order valence-corrected chi connectivity index (χ4v) is 0.928. The minimum atomic E-state index is -1.41. The number of hydrogen-bond acceptors (Lipinski definition) is 1. The largest absolute Gasteiger partial charge is 1.00 e. The number of hydrogen-bond donors (Lipinski definition) is 2. The van der Waals surface area contributed by atoms with Gasteiger partial charge in [-0.15, -0.1) is 0 Å². The van der Waals surface area contributed by atoms with Crippen LogP contribution in [0.5, 0.6) is 0 Å². The van der Waals surface area contributed by atoms with E-state index in [1.807, 2.05) is 0 Å². The molecule has 0 bridgehead atoms. The van der Waals surface area contributed by atoms with Crippen LogP contribution in [-0.4, -0.2) is 20.9 Å². The molecule has 4 N–H and O–H groups in total. The molecule has 0 radical (unpaired) electrons. The van der Waals surface area contributed by atoms with Gasteiger partial charge in [-0.1, -0.05) is 41.7 Å². The Labute approximate surface area is 97.9 Å². The summed E-state index contributed by atoms with van der Waals surface area (Å²) in [6.07, 6.45) is 0.256. The van der Waals surface area contributed by atoms with Gasteiger partial charge in [0, 0.05) is 12.3 Å². The average molecular weight is 271 g/mol. The monoisotopic (exact) mass is 269 g/mol. The van der Waals surface area contributed by atoms with Gasteiger partial charge < -0.3 is 23.2 Å². The summed E-state index contributed by atoms with van der Waals surface area (Å²) >= 11 is 16.6. The van der Waals surface area contributed by atoms with Gasteiger partial charge in [0.05, 0.1) is 0 Å². The van der Waals surface area contributed by atoms with Crippen molar-refractivity contribution in [1.82, 2.24) is 0 Å². The molecule has 0 aromatic carbocycles. The van der Waals surface area contributed by atoms with Crippen molar-refractivity contribution in [3.8, 4) is 0 Å². The first kappa shape index (κ1) is 16.0. The first-order valence-corrected chi connectivity index (χ1v) is 4.51. The van der Waals surface area contributed by atoms with Crippen molar-refractivity contribution in [3.63, 3.8) is 0 Å². The smallest absolute Gasteiger partial charge is 0.362 e. The summed E-state index contributed by atoms with van der Waals surface area (Å²) in [6, 6.07) is -0.726. The van der Waals surface area contributed by atoms with E-state index in [0.29, 0.717) is 0 Å². The van der Waals surface area contributed by atoms with E-state index in [2.05, 4.69) is 5.73 Å². The maximum absolute atomic E-state index is 10.4. The van der Waals surface area contributed by atoms with Crippen LogP contribution in [0.15, 0.2) is 0 Å². The van der Waals surface area contributed by atoms with Crippen molar-refractivity contribution in [2.75, 3.05) is 0 Å². The number of carboxylic acids is 1. The minimum Gasteiger partial charge on any atom is -1.00 e. The Kier molecular flexibility index (Phi) is 7.58. The van der Waals surface area contributed by atoms with Gasteiger partial charge in [-0.3, -0.25) is 0 Å². The molecule has 0 spiro atoms. The number of alkyl halides is 3. The van der Waals surface area contributed by atoms with Gasteiger partial charge in [0.15, 0.2) is 9.83 Å². The van der Waals surface area contributed by atoms with E-state index < -0.39 is 15.8 Å². The summed E-state index contributed by atoms with van der Waals surface area (Å²) in [6.45, 7) is 1.67. The highest BCUT2D eigenvalue weighted by Crippen LogP contribution is 2.36. The van der Waals surface area contributed by atoms with E-state index in [1.54, 1.807) is 6.92 Å². The normalized spacial score (nSPS) is 15.8. The summed E-state index contributed by atoms with van der Waals surface area (Å²) in [4.78, 5) is 10.4. The quantitative estimate of drug-likeness (QED) is 0.588. The zero-order chi connectivity index (χ0) is 9.94. The van der Waals surface area contributed by atoms with Crippen LogP contribution in [0, 0.1) is 5.92 Å². The molecule has 0 aromatic heterocycles. The number of rotatable bonds is 3. The van der Waals surface area contributed by atoms with Crippen LogP contribution in [0.2, 0.25) is 0 Å². The lowest BCUT2D eigenvalue weighted by Crippen LogP contribution is -3.00. The van der Waals surface area contributed by atoms with Gasteiger partial charge >= 0.3 is 5.97 Å². The molecule has 80 valence electrons. The minimum absolute atomic E-state index is 0. The molecule has 13 heavy (non-hydrogen) atoms. The van der Waals surface area contributed by atoms with Crippen LogP contribution in [0.1, 0.15) is 13.3 Å². The molecular weight excluding hydrogens is 260 g/mol. The molecule has 0 unspecified atom stereocenters. The topological polar surface area (TPSA) is 64.9 Å². The number of aliphatic carboxylic acids is 1. The predicted molar refractivity (Wildman–Crippen MR) is 48.4 cm³/mol. The van der Waals surface area contributed by atoms with Crippen LogP contribution < -0.4 is 18.1 Å². The van der Waals surface area contributed by atoms with Crippen LogP contribution in [0.25, 0.3) is 0 Å². The van der Waals surface area contributed by atoms with Gasteiger partial charge in [0.1, 0.15) is 0 Å². The highest BCUT2D eigenvalue weighted by atomic mass is 35.6. The second kappa shape index (κ2) is 6.14. The molecule has 0 heterocycles. The number of carbonyl (C=O) groups is 1. The van der Waals surface area contributed by atoms with Crippen LogP contribution in [0.3, 0.4) is 0 Å². The molecule has 0 rings (SSSR count). The molecule has 0 aliphatic heterocycles. The van der Waals surface area contributed by atoms with Crippen LogP contribution >= 0.6 is 34.8 Å². The van der Waals surface area contributed by atoms with Crippen molar-refractivity contribution in [3.05, 3.63) is 0 Å². The summed E-state index contributed by atoms with van der Waals surface area (Å²) in [5.74, 6) is -1.29. The maximum Gasteiger partial charge on any atom is 0.362 e. The zero-order valence-electron chi connectivity index (χ0n) is 6.94. The van der Waals surface area contributed by atoms with Gasteiger partial charge in [0.25, 0.3) is 0 Å². The van der Waals surface area contributed by atoms with Gasteiger partial charge in [0.2, 0.25) is 0 Å². The lowest BCUT2D eigenvalue weighted by atomic mass is 10.0. The van der Waals surface area contributed by atoms with Crippen molar-refractivity contribution < 1.29 is 28.0 Å². The fourth-order valence-electron chi connectivity index (χ4n) is 0.661. The summed E-state index contributed by atoms with van der Waals surface area (Å²) < 4.78 is -1.41.